The summed E-state index contributed by atoms with van der Waals surface area (Å²) in [5.74, 6) is -0.326. The van der Waals surface area contributed by atoms with Crippen molar-refractivity contribution in [3.8, 4) is 5.75 Å². The second kappa shape index (κ2) is 5.55. The van der Waals surface area contributed by atoms with Gasteiger partial charge in [-0.05, 0) is 12.3 Å². The number of halogens is 1. The average molecular weight is 231 g/mol. The van der Waals surface area contributed by atoms with Gasteiger partial charge in [0.05, 0.1) is 11.5 Å². The molecule has 0 heterocycles. The number of nitro groups is 1. The van der Waals surface area contributed by atoms with Crippen LogP contribution in [0, 0.1) is 15.9 Å². The van der Waals surface area contributed by atoms with Crippen molar-refractivity contribution >= 4 is 17.4 Å². The third-order valence-electron chi connectivity index (χ3n) is 1.68. The molecule has 0 atom stereocenters. The normalized spacial score (nSPS) is 10.0. The molecule has 0 unspecified atom stereocenters. The Morgan fingerprint density at radius 2 is 2.33 bits per heavy atom. The standard InChI is InChI=1S/C9H10FNO3S/c1-15-6-5-14-9-7(10)3-2-4-8(9)11(12)13/h2-4H,5-6H2,1H3. The van der Waals surface area contributed by atoms with Crippen molar-refractivity contribution in [2.45, 2.75) is 0 Å². The minimum absolute atomic E-state index is 0.253. The number of thioether (sulfide) groups is 1. The van der Waals surface area contributed by atoms with Crippen LogP contribution < -0.4 is 4.74 Å². The Morgan fingerprint density at radius 3 is 2.93 bits per heavy atom. The first-order valence-corrected chi connectivity index (χ1v) is 5.61. The van der Waals surface area contributed by atoms with Crippen LogP contribution in [-0.4, -0.2) is 23.5 Å². The Morgan fingerprint density at radius 1 is 1.60 bits per heavy atom. The molecule has 1 rings (SSSR count). The predicted octanol–water partition coefficient (Wildman–Crippen LogP) is 2.48. The predicted molar refractivity (Wildman–Crippen MR) is 56.9 cm³/mol. The van der Waals surface area contributed by atoms with Crippen molar-refractivity contribution in [1.29, 1.82) is 0 Å². The highest BCUT2D eigenvalue weighted by atomic mass is 32.2. The van der Waals surface area contributed by atoms with Crippen LogP contribution >= 0.6 is 11.8 Å². The van der Waals surface area contributed by atoms with E-state index in [2.05, 4.69) is 0 Å². The van der Waals surface area contributed by atoms with Crippen molar-refractivity contribution in [1.82, 2.24) is 0 Å². The van der Waals surface area contributed by atoms with Gasteiger partial charge in [0.15, 0.2) is 5.82 Å². The molecule has 0 saturated carbocycles. The van der Waals surface area contributed by atoms with Gasteiger partial charge in [-0.15, -0.1) is 0 Å². The van der Waals surface area contributed by atoms with Crippen molar-refractivity contribution in [2.75, 3.05) is 18.6 Å². The topological polar surface area (TPSA) is 52.4 Å². The minimum atomic E-state index is -0.703. The van der Waals surface area contributed by atoms with E-state index in [1.54, 1.807) is 0 Å². The number of hydrogen-bond donors (Lipinski definition) is 0. The lowest BCUT2D eigenvalue weighted by Crippen LogP contribution is -2.04. The zero-order valence-corrected chi connectivity index (χ0v) is 8.92. The van der Waals surface area contributed by atoms with E-state index in [9.17, 15) is 14.5 Å². The van der Waals surface area contributed by atoms with Crippen molar-refractivity contribution in [3.05, 3.63) is 34.1 Å². The summed E-state index contributed by atoms with van der Waals surface area (Å²) in [5.41, 5.74) is -0.337. The van der Waals surface area contributed by atoms with Gasteiger partial charge in [-0.2, -0.15) is 11.8 Å². The molecule has 0 N–H and O–H groups in total. The summed E-state index contributed by atoms with van der Waals surface area (Å²) >= 11 is 1.52. The number of para-hydroxylation sites is 1. The Bertz CT molecular complexity index is 359. The third-order valence-corrected chi connectivity index (χ3v) is 2.25. The number of rotatable bonds is 5. The van der Waals surface area contributed by atoms with Crippen LogP contribution in [0.25, 0.3) is 0 Å². The number of nitrogens with zero attached hydrogens (tertiary/aromatic N) is 1. The van der Waals surface area contributed by atoms with Gasteiger partial charge in [-0.25, -0.2) is 4.39 Å². The van der Waals surface area contributed by atoms with E-state index >= 15 is 0 Å². The van der Waals surface area contributed by atoms with E-state index in [-0.39, 0.29) is 18.0 Å². The lowest BCUT2D eigenvalue weighted by atomic mass is 10.3. The van der Waals surface area contributed by atoms with Gasteiger partial charge >= 0.3 is 5.69 Å². The molecule has 0 aliphatic heterocycles. The van der Waals surface area contributed by atoms with Crippen LogP contribution in [0.3, 0.4) is 0 Å². The smallest absolute Gasteiger partial charge is 0.314 e. The molecule has 1 aromatic carbocycles. The third kappa shape index (κ3) is 3.09. The zero-order chi connectivity index (χ0) is 11.3. The van der Waals surface area contributed by atoms with Crippen LogP contribution in [0.1, 0.15) is 0 Å². The van der Waals surface area contributed by atoms with Crippen molar-refractivity contribution in [2.24, 2.45) is 0 Å². The molecule has 0 amide bonds. The van der Waals surface area contributed by atoms with Crippen LogP contribution in [0.2, 0.25) is 0 Å². The molecule has 0 bridgehead atoms. The van der Waals surface area contributed by atoms with Crippen LogP contribution in [-0.2, 0) is 0 Å². The minimum Gasteiger partial charge on any atom is -0.484 e. The highest BCUT2D eigenvalue weighted by molar-refractivity contribution is 7.98. The largest absolute Gasteiger partial charge is 0.484 e. The summed E-state index contributed by atoms with van der Waals surface area (Å²) in [5, 5.41) is 10.6. The fourth-order valence-corrected chi connectivity index (χ4v) is 1.26. The number of ether oxygens (including phenoxy) is 1. The summed E-state index contributed by atoms with van der Waals surface area (Å²) in [6.45, 7) is 0.253. The fraction of sp³-hybridized carbons (Fsp3) is 0.333. The van der Waals surface area contributed by atoms with Crippen molar-refractivity contribution in [3.63, 3.8) is 0 Å². The van der Waals surface area contributed by atoms with E-state index in [0.29, 0.717) is 5.75 Å². The fourth-order valence-electron chi connectivity index (χ4n) is 1.01. The Hall–Kier alpha value is -1.30. The van der Waals surface area contributed by atoms with Gasteiger partial charge in [-0.3, -0.25) is 10.1 Å². The molecule has 0 radical (unpaired) electrons. The van der Waals surface area contributed by atoms with E-state index in [1.165, 1.54) is 23.9 Å². The molecule has 0 aromatic heterocycles. The number of nitro benzene ring substituents is 1. The second-order valence-corrected chi connectivity index (χ2v) is 3.67. The van der Waals surface area contributed by atoms with Crippen LogP contribution in [0.15, 0.2) is 18.2 Å². The van der Waals surface area contributed by atoms with E-state index in [4.69, 9.17) is 4.74 Å². The van der Waals surface area contributed by atoms with Gasteiger partial charge in [0.2, 0.25) is 5.75 Å². The molecule has 15 heavy (non-hydrogen) atoms. The first-order valence-electron chi connectivity index (χ1n) is 4.21. The number of benzene rings is 1. The Labute approximate surface area is 90.6 Å². The average Bonchev–Trinajstić information content (AvgIpc) is 2.20. The quantitative estimate of drug-likeness (QED) is 0.444. The first-order chi connectivity index (χ1) is 7.16. The molecule has 0 aliphatic carbocycles. The monoisotopic (exact) mass is 231 g/mol. The second-order valence-electron chi connectivity index (χ2n) is 2.69. The summed E-state index contributed by atoms with van der Waals surface area (Å²) in [4.78, 5) is 9.91. The highest BCUT2D eigenvalue weighted by Gasteiger charge is 2.18. The van der Waals surface area contributed by atoms with Gasteiger partial charge in [0, 0.05) is 11.8 Å². The molecule has 0 aliphatic rings. The zero-order valence-electron chi connectivity index (χ0n) is 8.10. The summed E-state index contributed by atoms with van der Waals surface area (Å²) in [7, 11) is 0. The maximum Gasteiger partial charge on any atom is 0.314 e. The molecular weight excluding hydrogens is 221 g/mol. The van der Waals surface area contributed by atoms with E-state index in [0.717, 1.165) is 6.07 Å². The molecule has 0 spiro atoms. The summed E-state index contributed by atoms with van der Waals surface area (Å²) < 4.78 is 18.2. The summed E-state index contributed by atoms with van der Waals surface area (Å²) in [6, 6.07) is 3.65. The molecule has 1 aromatic rings. The maximum absolute atomic E-state index is 13.2. The Balaban J connectivity index is 2.87. The molecular formula is C9H10FNO3S. The molecule has 82 valence electrons. The van der Waals surface area contributed by atoms with Gasteiger partial charge in [-0.1, -0.05) is 6.07 Å². The van der Waals surface area contributed by atoms with Gasteiger partial charge < -0.3 is 4.74 Å². The lowest BCUT2D eigenvalue weighted by Gasteiger charge is -2.06. The van der Waals surface area contributed by atoms with E-state index in [1.807, 2.05) is 6.26 Å². The van der Waals surface area contributed by atoms with Crippen molar-refractivity contribution < 1.29 is 14.1 Å². The lowest BCUT2D eigenvalue weighted by molar-refractivity contribution is -0.386. The molecule has 6 heteroatoms. The van der Waals surface area contributed by atoms with Crippen LogP contribution in [0.5, 0.6) is 5.75 Å². The summed E-state index contributed by atoms with van der Waals surface area (Å²) in [6.07, 6.45) is 1.87. The number of hydrogen-bond acceptors (Lipinski definition) is 4. The molecule has 0 fully saturated rings. The highest BCUT2D eigenvalue weighted by Crippen LogP contribution is 2.29. The SMILES string of the molecule is CSCCOc1c(F)cccc1[N+](=O)[O-]. The van der Waals surface area contributed by atoms with Crippen LogP contribution in [0.4, 0.5) is 10.1 Å². The molecule has 4 nitrogen and oxygen atoms in total. The van der Waals surface area contributed by atoms with E-state index < -0.39 is 10.7 Å². The first kappa shape index (κ1) is 11.8. The Kier molecular flexibility index (Phi) is 4.36. The van der Waals surface area contributed by atoms with Gasteiger partial charge in [0.25, 0.3) is 0 Å². The molecule has 0 saturated heterocycles. The van der Waals surface area contributed by atoms with Gasteiger partial charge in [0.1, 0.15) is 0 Å². The maximum atomic E-state index is 13.2.